The summed E-state index contributed by atoms with van der Waals surface area (Å²) >= 11 is 6.08. The fourth-order valence-electron chi connectivity index (χ4n) is 3.43. The lowest BCUT2D eigenvalue weighted by atomic mass is 10.0. The Balaban J connectivity index is 2.02. The first kappa shape index (κ1) is 23.3. The van der Waals surface area contributed by atoms with Crippen LogP contribution in [0.5, 0.6) is 5.75 Å². The van der Waals surface area contributed by atoms with Crippen LogP contribution in [0, 0.1) is 5.82 Å². The van der Waals surface area contributed by atoms with Crippen molar-refractivity contribution in [2.75, 3.05) is 14.2 Å². The molecular weight excluding hydrogens is 482 g/mol. The van der Waals surface area contributed by atoms with E-state index in [1.807, 2.05) is 0 Å². The lowest BCUT2D eigenvalue weighted by Crippen LogP contribution is -2.15. The Bertz CT molecular complexity index is 1360. The second-order valence-corrected chi connectivity index (χ2v) is 7.22. The van der Waals surface area contributed by atoms with Crippen LogP contribution < -0.4 is 4.74 Å². The van der Waals surface area contributed by atoms with Gasteiger partial charge in [-0.2, -0.15) is 18.3 Å². The Labute approximate surface area is 194 Å². The molecule has 0 bridgehead atoms. The number of carbonyl (C=O) groups excluding carboxylic acids is 1. The third-order valence-corrected chi connectivity index (χ3v) is 5.19. The Morgan fingerprint density at radius 3 is 2.50 bits per heavy atom. The number of ether oxygens (including phenoxy) is 2. The van der Waals surface area contributed by atoms with E-state index in [2.05, 4.69) is 10.3 Å². The molecule has 7 nitrogen and oxygen atoms in total. The molecule has 0 fully saturated rings. The monoisotopic (exact) mass is 495 g/mol. The average Bonchev–Trinajstić information content (AvgIpc) is 3.43. The largest absolute Gasteiger partial charge is 0.494 e. The van der Waals surface area contributed by atoms with E-state index in [1.54, 1.807) is 6.07 Å². The normalized spacial score (nSPS) is 11.5. The average molecular weight is 496 g/mol. The number of para-hydroxylation sites is 2. The zero-order chi connectivity index (χ0) is 24.6. The number of methoxy groups -OCH3 is 2. The summed E-state index contributed by atoms with van der Waals surface area (Å²) in [6, 6.07) is 9.62. The number of benzene rings is 2. The van der Waals surface area contributed by atoms with Gasteiger partial charge in [0.1, 0.15) is 28.5 Å². The summed E-state index contributed by atoms with van der Waals surface area (Å²) in [6.45, 7) is 0. The minimum atomic E-state index is -4.96. The molecule has 4 rings (SSSR count). The summed E-state index contributed by atoms with van der Waals surface area (Å²) < 4.78 is 73.0. The van der Waals surface area contributed by atoms with Crippen molar-refractivity contribution in [2.45, 2.75) is 6.18 Å². The summed E-state index contributed by atoms with van der Waals surface area (Å²) in [4.78, 5) is 12.6. The van der Waals surface area contributed by atoms with E-state index < -0.39 is 46.2 Å². The number of hydrogen-bond acceptors (Lipinski definition) is 6. The number of halogens is 5. The fraction of sp³-hybridized carbons (Fsp3) is 0.136. The molecule has 0 atom stereocenters. The van der Waals surface area contributed by atoms with E-state index >= 15 is 0 Å². The molecule has 176 valence electrons. The van der Waals surface area contributed by atoms with Gasteiger partial charge in [-0.05, 0) is 24.3 Å². The standard InChI is InChI=1S/C22H14ClF4N3O4/c1-32-15-9-4-3-8-14(15)30-20(22(25,26)27)11(10-28-30)19-17(21(31)33-2)18(29-34-19)16-12(23)6-5-7-13(16)24/h3-10H,1-2H3. The number of esters is 1. The van der Waals surface area contributed by atoms with Crippen LogP contribution in [0.2, 0.25) is 5.02 Å². The quantitative estimate of drug-likeness (QED) is 0.257. The summed E-state index contributed by atoms with van der Waals surface area (Å²) in [7, 11) is 2.31. The van der Waals surface area contributed by atoms with Gasteiger partial charge in [-0.1, -0.05) is 35.0 Å². The van der Waals surface area contributed by atoms with Crippen LogP contribution in [0.25, 0.3) is 28.3 Å². The maximum absolute atomic E-state index is 14.5. The van der Waals surface area contributed by atoms with Crippen molar-refractivity contribution in [1.29, 1.82) is 0 Å². The van der Waals surface area contributed by atoms with E-state index in [-0.39, 0.29) is 22.0 Å². The molecule has 0 spiro atoms. The third-order valence-electron chi connectivity index (χ3n) is 4.88. The lowest BCUT2D eigenvalue weighted by molar-refractivity contribution is -0.142. The molecule has 0 amide bonds. The van der Waals surface area contributed by atoms with Crippen molar-refractivity contribution in [3.63, 3.8) is 0 Å². The van der Waals surface area contributed by atoms with Crippen LogP contribution in [-0.2, 0) is 10.9 Å². The van der Waals surface area contributed by atoms with Gasteiger partial charge in [0.05, 0.1) is 36.6 Å². The van der Waals surface area contributed by atoms with Gasteiger partial charge < -0.3 is 14.0 Å². The number of alkyl halides is 3. The number of nitrogens with zero attached hydrogens (tertiary/aromatic N) is 3. The second-order valence-electron chi connectivity index (χ2n) is 6.81. The molecule has 0 aliphatic heterocycles. The molecule has 12 heteroatoms. The van der Waals surface area contributed by atoms with E-state index in [0.717, 1.165) is 19.4 Å². The fourth-order valence-corrected chi connectivity index (χ4v) is 3.69. The van der Waals surface area contributed by atoms with Gasteiger partial charge in [0.2, 0.25) is 0 Å². The van der Waals surface area contributed by atoms with E-state index in [4.69, 9.17) is 25.6 Å². The molecule has 0 radical (unpaired) electrons. The summed E-state index contributed by atoms with van der Waals surface area (Å²) in [5, 5.41) is 7.39. The number of carbonyl (C=O) groups is 1. The predicted octanol–water partition coefficient (Wildman–Crippen LogP) is 5.80. The van der Waals surface area contributed by atoms with Crippen LogP contribution in [0.1, 0.15) is 16.1 Å². The molecule has 0 aliphatic rings. The van der Waals surface area contributed by atoms with Crippen LogP contribution in [0.3, 0.4) is 0 Å². The Morgan fingerprint density at radius 2 is 1.85 bits per heavy atom. The molecular formula is C22H14ClF4N3O4. The third kappa shape index (κ3) is 3.87. The molecule has 4 aromatic rings. The van der Waals surface area contributed by atoms with Crippen molar-refractivity contribution >= 4 is 17.6 Å². The van der Waals surface area contributed by atoms with Gasteiger partial charge in [0.15, 0.2) is 11.5 Å². The molecule has 0 saturated heterocycles. The van der Waals surface area contributed by atoms with Crippen molar-refractivity contribution in [1.82, 2.24) is 14.9 Å². The summed E-state index contributed by atoms with van der Waals surface area (Å²) in [6.07, 6.45) is -4.10. The first-order valence-corrected chi connectivity index (χ1v) is 9.88. The zero-order valence-electron chi connectivity index (χ0n) is 17.5. The van der Waals surface area contributed by atoms with Gasteiger partial charge in [-0.15, -0.1) is 0 Å². The van der Waals surface area contributed by atoms with Crippen molar-refractivity contribution < 1.29 is 36.4 Å². The maximum atomic E-state index is 14.5. The number of hydrogen-bond donors (Lipinski definition) is 0. The molecule has 0 unspecified atom stereocenters. The van der Waals surface area contributed by atoms with Gasteiger partial charge in [0, 0.05) is 0 Å². The highest BCUT2D eigenvalue weighted by Crippen LogP contribution is 2.43. The topological polar surface area (TPSA) is 79.4 Å². The molecule has 0 aliphatic carbocycles. The van der Waals surface area contributed by atoms with Crippen molar-refractivity contribution in [2.24, 2.45) is 0 Å². The Morgan fingerprint density at radius 1 is 1.12 bits per heavy atom. The van der Waals surface area contributed by atoms with Crippen LogP contribution >= 0.6 is 11.6 Å². The van der Waals surface area contributed by atoms with Crippen LogP contribution in [-0.4, -0.2) is 35.1 Å². The van der Waals surface area contributed by atoms with Crippen LogP contribution in [0.15, 0.2) is 53.2 Å². The Kier molecular flexibility index (Phi) is 6.05. The minimum absolute atomic E-state index is 0.0138. The highest BCUT2D eigenvalue weighted by Gasteiger charge is 2.42. The maximum Gasteiger partial charge on any atom is 0.434 e. The molecule has 34 heavy (non-hydrogen) atoms. The van der Waals surface area contributed by atoms with Gasteiger partial charge in [-0.3, -0.25) is 0 Å². The highest BCUT2D eigenvalue weighted by molar-refractivity contribution is 6.33. The van der Waals surface area contributed by atoms with E-state index in [0.29, 0.717) is 4.68 Å². The summed E-state index contributed by atoms with van der Waals surface area (Å²) in [5.41, 5.74) is -3.19. The SMILES string of the molecule is COC(=O)c1c(-c2c(F)cccc2Cl)noc1-c1cnn(-c2ccccc2OC)c1C(F)(F)F. The van der Waals surface area contributed by atoms with E-state index in [1.165, 1.54) is 37.4 Å². The molecule has 2 heterocycles. The predicted molar refractivity (Wildman–Crippen MR) is 112 cm³/mol. The van der Waals surface area contributed by atoms with Crippen molar-refractivity contribution in [3.05, 3.63) is 70.8 Å². The Hall–Kier alpha value is -3.86. The zero-order valence-corrected chi connectivity index (χ0v) is 18.2. The molecule has 0 N–H and O–H groups in total. The lowest BCUT2D eigenvalue weighted by Gasteiger charge is -2.14. The van der Waals surface area contributed by atoms with Gasteiger partial charge in [-0.25, -0.2) is 13.9 Å². The smallest absolute Gasteiger partial charge is 0.434 e. The molecule has 2 aromatic heterocycles. The van der Waals surface area contributed by atoms with Crippen LogP contribution in [0.4, 0.5) is 17.6 Å². The summed E-state index contributed by atoms with van der Waals surface area (Å²) in [5.74, 6) is -2.47. The van der Waals surface area contributed by atoms with E-state index in [9.17, 15) is 22.4 Å². The number of rotatable bonds is 5. The minimum Gasteiger partial charge on any atom is -0.494 e. The van der Waals surface area contributed by atoms with Gasteiger partial charge in [0.25, 0.3) is 0 Å². The second kappa shape index (κ2) is 8.82. The molecule has 0 saturated carbocycles. The first-order chi connectivity index (χ1) is 16.2. The molecule has 2 aromatic carbocycles. The first-order valence-electron chi connectivity index (χ1n) is 9.50. The highest BCUT2D eigenvalue weighted by atomic mass is 35.5. The number of aromatic nitrogens is 3. The van der Waals surface area contributed by atoms with Crippen molar-refractivity contribution in [3.8, 4) is 34.0 Å². The van der Waals surface area contributed by atoms with Gasteiger partial charge >= 0.3 is 12.1 Å².